The van der Waals surface area contributed by atoms with Crippen molar-refractivity contribution < 1.29 is 17.9 Å². The Bertz CT molecular complexity index is 910. The molecule has 0 atom stereocenters. The first-order valence-corrected chi connectivity index (χ1v) is 10.5. The first kappa shape index (κ1) is 20.9. The molecule has 27 heavy (non-hydrogen) atoms. The Morgan fingerprint density at radius 3 is 2.52 bits per heavy atom. The number of amides is 1. The Labute approximate surface area is 161 Å². The Balaban J connectivity index is 2.06. The summed E-state index contributed by atoms with van der Waals surface area (Å²) in [5.41, 5.74) is 3.50. The molecular weight excluding hydrogens is 364 g/mol. The van der Waals surface area contributed by atoms with Crippen molar-refractivity contribution >= 4 is 21.6 Å². The minimum Gasteiger partial charge on any atom is -0.496 e. The molecule has 0 heterocycles. The van der Waals surface area contributed by atoms with Crippen LogP contribution in [0.2, 0.25) is 0 Å². The minimum atomic E-state index is -3.47. The topological polar surface area (TPSA) is 75.7 Å². The van der Waals surface area contributed by atoms with E-state index in [0.29, 0.717) is 5.75 Å². The van der Waals surface area contributed by atoms with Crippen molar-refractivity contribution in [3.8, 4) is 5.75 Å². The smallest absolute Gasteiger partial charge is 0.225 e. The molecule has 0 fully saturated rings. The third kappa shape index (κ3) is 6.08. The first-order valence-electron chi connectivity index (χ1n) is 8.65. The van der Waals surface area contributed by atoms with E-state index in [1.165, 1.54) is 4.31 Å². The molecule has 0 spiro atoms. The van der Waals surface area contributed by atoms with Gasteiger partial charge in [-0.3, -0.25) is 4.79 Å². The largest absolute Gasteiger partial charge is 0.496 e. The van der Waals surface area contributed by atoms with E-state index in [1.807, 2.05) is 50.2 Å². The van der Waals surface area contributed by atoms with Gasteiger partial charge >= 0.3 is 0 Å². The zero-order chi connectivity index (χ0) is 20.0. The third-order valence-electron chi connectivity index (χ3n) is 4.26. The third-order valence-corrected chi connectivity index (χ3v) is 5.51. The molecule has 146 valence electrons. The summed E-state index contributed by atoms with van der Waals surface area (Å²) in [7, 11) is -1.93. The molecule has 0 saturated carbocycles. The normalized spacial score (nSPS) is 11.4. The van der Waals surface area contributed by atoms with E-state index in [4.69, 9.17) is 4.74 Å². The van der Waals surface area contributed by atoms with Crippen LogP contribution < -0.4 is 10.1 Å². The molecule has 0 bridgehead atoms. The molecule has 2 aromatic rings. The summed E-state index contributed by atoms with van der Waals surface area (Å²) in [6.45, 7) is 4.11. The van der Waals surface area contributed by atoms with Crippen molar-refractivity contribution in [1.29, 1.82) is 0 Å². The molecule has 0 aliphatic carbocycles. The molecule has 0 radical (unpaired) electrons. The highest BCUT2D eigenvalue weighted by molar-refractivity contribution is 7.88. The van der Waals surface area contributed by atoms with E-state index in [1.54, 1.807) is 13.2 Å². The van der Waals surface area contributed by atoms with Crippen LogP contribution in [0.15, 0.2) is 42.5 Å². The molecule has 0 aliphatic rings. The molecule has 1 amide bonds. The highest BCUT2D eigenvalue weighted by Gasteiger charge is 2.20. The molecule has 7 heteroatoms. The van der Waals surface area contributed by atoms with Gasteiger partial charge in [0.05, 0.1) is 13.4 Å². The summed E-state index contributed by atoms with van der Waals surface area (Å²) < 4.78 is 30.9. The maximum absolute atomic E-state index is 12.3. The Hall–Kier alpha value is -2.38. The van der Waals surface area contributed by atoms with Crippen LogP contribution in [0.5, 0.6) is 5.75 Å². The number of nitrogens with one attached hydrogen (secondary N) is 1. The predicted octanol–water partition coefficient (Wildman–Crippen LogP) is 3.10. The number of carbonyl (C=O) groups is 1. The fourth-order valence-electron chi connectivity index (χ4n) is 2.70. The van der Waals surface area contributed by atoms with Gasteiger partial charge in [-0.25, -0.2) is 8.42 Å². The quantitative estimate of drug-likeness (QED) is 0.751. The lowest BCUT2D eigenvalue weighted by Gasteiger charge is -2.21. The van der Waals surface area contributed by atoms with Crippen LogP contribution in [0.1, 0.15) is 23.1 Å². The zero-order valence-corrected chi connectivity index (χ0v) is 17.0. The van der Waals surface area contributed by atoms with Crippen LogP contribution in [0.3, 0.4) is 0 Å². The van der Waals surface area contributed by atoms with Gasteiger partial charge in [0, 0.05) is 30.8 Å². The molecule has 0 unspecified atom stereocenters. The number of anilines is 1. The molecule has 1 N–H and O–H groups in total. The van der Waals surface area contributed by atoms with E-state index >= 15 is 0 Å². The second-order valence-corrected chi connectivity index (χ2v) is 8.51. The molecule has 2 rings (SSSR count). The summed E-state index contributed by atoms with van der Waals surface area (Å²) in [6.07, 6.45) is 1.21. The zero-order valence-electron chi connectivity index (χ0n) is 16.2. The Morgan fingerprint density at radius 2 is 1.85 bits per heavy atom. The van der Waals surface area contributed by atoms with Gasteiger partial charge in [0.15, 0.2) is 0 Å². The average Bonchev–Trinajstić information content (AvgIpc) is 2.61. The van der Waals surface area contributed by atoms with Crippen LogP contribution in [0, 0.1) is 13.8 Å². The first-order chi connectivity index (χ1) is 12.7. The highest BCUT2D eigenvalue weighted by atomic mass is 32.2. The number of carbonyl (C=O) groups excluding carboxylic acids is 1. The Morgan fingerprint density at radius 1 is 1.15 bits per heavy atom. The summed E-state index contributed by atoms with van der Waals surface area (Å²) in [6, 6.07) is 13.1. The number of hydrogen-bond donors (Lipinski definition) is 1. The molecule has 2 aromatic carbocycles. The lowest BCUT2D eigenvalue weighted by atomic mass is 10.1. The summed E-state index contributed by atoms with van der Waals surface area (Å²) in [5.74, 6) is 0.392. The second kappa shape index (κ2) is 9.01. The Kier molecular flexibility index (Phi) is 6.98. The second-order valence-electron chi connectivity index (χ2n) is 6.52. The minimum absolute atomic E-state index is 0.0651. The number of rotatable bonds is 8. The van der Waals surface area contributed by atoms with Gasteiger partial charge in [0.2, 0.25) is 15.9 Å². The van der Waals surface area contributed by atoms with Gasteiger partial charge in [-0.15, -0.1) is 0 Å². The van der Waals surface area contributed by atoms with Crippen LogP contribution >= 0.6 is 0 Å². The van der Waals surface area contributed by atoms with Gasteiger partial charge in [0.25, 0.3) is 0 Å². The number of sulfonamides is 1. The average molecular weight is 391 g/mol. The van der Waals surface area contributed by atoms with Gasteiger partial charge in [0.1, 0.15) is 5.75 Å². The van der Waals surface area contributed by atoms with Gasteiger partial charge in [-0.1, -0.05) is 30.3 Å². The van der Waals surface area contributed by atoms with Crippen LogP contribution in [-0.4, -0.2) is 38.5 Å². The van der Waals surface area contributed by atoms with Gasteiger partial charge < -0.3 is 10.1 Å². The number of methoxy groups -OCH3 is 1. The van der Waals surface area contributed by atoms with Crippen LogP contribution in [0.25, 0.3) is 0 Å². The number of nitrogens with zero attached hydrogens (tertiary/aromatic N) is 1. The van der Waals surface area contributed by atoms with Crippen molar-refractivity contribution in [2.24, 2.45) is 0 Å². The van der Waals surface area contributed by atoms with Crippen LogP contribution in [0.4, 0.5) is 5.69 Å². The molecule has 0 aliphatic heterocycles. The lowest BCUT2D eigenvalue weighted by Crippen LogP contribution is -2.32. The highest BCUT2D eigenvalue weighted by Crippen LogP contribution is 2.21. The monoisotopic (exact) mass is 390 g/mol. The number of benzene rings is 2. The number of para-hydroxylation sites is 1. The van der Waals surface area contributed by atoms with E-state index < -0.39 is 10.0 Å². The van der Waals surface area contributed by atoms with Crippen molar-refractivity contribution in [3.05, 3.63) is 59.2 Å². The molecule has 0 aromatic heterocycles. The van der Waals surface area contributed by atoms with Gasteiger partial charge in [-0.2, -0.15) is 4.31 Å². The lowest BCUT2D eigenvalue weighted by molar-refractivity contribution is -0.116. The standard InChI is InChI=1S/C20H26N2O4S/c1-15-9-10-16(2)18(13-15)21-20(23)11-12-22(27(4,24)25)14-17-7-5-6-8-19(17)26-3/h5-10,13H,11-12,14H2,1-4H3,(H,21,23). The van der Waals surface area contributed by atoms with Gasteiger partial charge in [-0.05, 0) is 37.1 Å². The molecule has 0 saturated heterocycles. The number of aryl methyl sites for hydroxylation is 2. The fraction of sp³-hybridized carbons (Fsp3) is 0.350. The van der Waals surface area contributed by atoms with Crippen molar-refractivity contribution in [3.63, 3.8) is 0 Å². The molecule has 6 nitrogen and oxygen atoms in total. The summed E-state index contributed by atoms with van der Waals surface area (Å²) in [5, 5.41) is 2.86. The van der Waals surface area contributed by atoms with E-state index in [-0.39, 0.29) is 25.4 Å². The van der Waals surface area contributed by atoms with E-state index in [0.717, 1.165) is 28.6 Å². The van der Waals surface area contributed by atoms with Crippen molar-refractivity contribution in [1.82, 2.24) is 4.31 Å². The molecular formula is C20H26N2O4S. The van der Waals surface area contributed by atoms with Crippen molar-refractivity contribution in [2.45, 2.75) is 26.8 Å². The van der Waals surface area contributed by atoms with Crippen LogP contribution in [-0.2, 0) is 21.4 Å². The predicted molar refractivity (Wildman–Crippen MR) is 107 cm³/mol. The van der Waals surface area contributed by atoms with E-state index in [9.17, 15) is 13.2 Å². The summed E-state index contributed by atoms with van der Waals surface area (Å²) in [4.78, 5) is 12.3. The SMILES string of the molecule is COc1ccccc1CN(CCC(=O)Nc1cc(C)ccc1C)S(C)(=O)=O. The maximum Gasteiger partial charge on any atom is 0.225 e. The number of hydrogen-bond acceptors (Lipinski definition) is 4. The number of ether oxygens (including phenoxy) is 1. The van der Waals surface area contributed by atoms with E-state index in [2.05, 4.69) is 5.32 Å². The summed E-state index contributed by atoms with van der Waals surface area (Å²) >= 11 is 0. The van der Waals surface area contributed by atoms with Crippen molar-refractivity contribution in [2.75, 3.05) is 25.2 Å². The fourth-order valence-corrected chi connectivity index (χ4v) is 3.49. The maximum atomic E-state index is 12.3.